The van der Waals surface area contributed by atoms with E-state index < -0.39 is 5.82 Å². The number of hydrogen-bond donors (Lipinski definition) is 1. The van der Waals surface area contributed by atoms with Crippen LogP contribution in [0.5, 0.6) is 0 Å². The molecular formula is C12H15ClFNO2. The van der Waals surface area contributed by atoms with Crippen LogP contribution in [0.25, 0.3) is 0 Å². The van der Waals surface area contributed by atoms with Gasteiger partial charge in [0.25, 0.3) is 0 Å². The molecule has 1 heterocycles. The van der Waals surface area contributed by atoms with Gasteiger partial charge in [-0.1, -0.05) is 23.7 Å². The number of ether oxygens (including phenoxy) is 2. The van der Waals surface area contributed by atoms with E-state index in [9.17, 15) is 4.39 Å². The molecule has 1 aromatic carbocycles. The van der Waals surface area contributed by atoms with Crippen molar-refractivity contribution in [2.24, 2.45) is 5.73 Å². The van der Waals surface area contributed by atoms with Gasteiger partial charge in [0.2, 0.25) is 0 Å². The Balaban J connectivity index is 1.93. The summed E-state index contributed by atoms with van der Waals surface area (Å²) in [5, 5.41) is 0.149. The fourth-order valence-electron chi connectivity index (χ4n) is 1.86. The Hall–Kier alpha value is -0.680. The minimum Gasteiger partial charge on any atom is -0.350 e. The average Bonchev–Trinajstić information content (AvgIpc) is 2.77. The van der Waals surface area contributed by atoms with Crippen molar-refractivity contribution in [3.8, 4) is 0 Å². The maximum Gasteiger partial charge on any atom is 0.159 e. The van der Waals surface area contributed by atoms with Crippen LogP contribution < -0.4 is 5.73 Å². The third-order valence-corrected chi connectivity index (χ3v) is 3.12. The van der Waals surface area contributed by atoms with Gasteiger partial charge in [0.15, 0.2) is 6.29 Å². The van der Waals surface area contributed by atoms with Crippen LogP contribution in [0.15, 0.2) is 18.2 Å². The Morgan fingerprint density at radius 1 is 1.41 bits per heavy atom. The SMILES string of the molecule is NC(Cc1cccc(F)c1Cl)CC1OCCO1. The average molecular weight is 260 g/mol. The summed E-state index contributed by atoms with van der Waals surface area (Å²) in [6.07, 6.45) is 0.865. The van der Waals surface area contributed by atoms with E-state index in [0.717, 1.165) is 5.56 Å². The maximum absolute atomic E-state index is 13.2. The van der Waals surface area contributed by atoms with Crippen molar-refractivity contribution in [3.05, 3.63) is 34.6 Å². The molecule has 0 spiro atoms. The first-order valence-corrected chi connectivity index (χ1v) is 5.96. The highest BCUT2D eigenvalue weighted by Crippen LogP contribution is 2.22. The van der Waals surface area contributed by atoms with Crippen LogP contribution in [0.3, 0.4) is 0 Å². The third kappa shape index (κ3) is 3.39. The highest BCUT2D eigenvalue weighted by molar-refractivity contribution is 6.31. The smallest absolute Gasteiger partial charge is 0.159 e. The van der Waals surface area contributed by atoms with E-state index in [1.807, 2.05) is 0 Å². The minimum atomic E-state index is -0.412. The summed E-state index contributed by atoms with van der Waals surface area (Å²) in [6, 6.07) is 4.59. The summed E-state index contributed by atoms with van der Waals surface area (Å²) in [6.45, 7) is 1.22. The molecule has 1 atom stereocenters. The van der Waals surface area contributed by atoms with Crippen molar-refractivity contribution in [2.45, 2.75) is 25.2 Å². The highest BCUT2D eigenvalue weighted by atomic mass is 35.5. The number of hydrogen-bond acceptors (Lipinski definition) is 3. The van der Waals surface area contributed by atoms with Gasteiger partial charge in [0.05, 0.1) is 18.2 Å². The molecule has 2 rings (SSSR count). The van der Waals surface area contributed by atoms with E-state index in [1.54, 1.807) is 12.1 Å². The Morgan fingerprint density at radius 3 is 2.82 bits per heavy atom. The van der Waals surface area contributed by atoms with Gasteiger partial charge in [-0.3, -0.25) is 0 Å². The van der Waals surface area contributed by atoms with Gasteiger partial charge in [-0.15, -0.1) is 0 Å². The number of benzene rings is 1. The quantitative estimate of drug-likeness (QED) is 0.901. The molecule has 0 saturated carbocycles. The predicted molar refractivity (Wildman–Crippen MR) is 63.4 cm³/mol. The lowest BCUT2D eigenvalue weighted by atomic mass is 10.0. The second-order valence-corrected chi connectivity index (χ2v) is 4.46. The molecule has 1 unspecified atom stereocenters. The summed E-state index contributed by atoms with van der Waals surface area (Å²) in [4.78, 5) is 0. The van der Waals surface area contributed by atoms with Crippen LogP contribution in [-0.4, -0.2) is 25.5 Å². The minimum absolute atomic E-state index is 0.149. The Labute approximate surface area is 105 Å². The molecule has 3 nitrogen and oxygen atoms in total. The number of nitrogens with two attached hydrogens (primary N) is 1. The van der Waals surface area contributed by atoms with E-state index >= 15 is 0 Å². The van der Waals surface area contributed by atoms with E-state index in [-0.39, 0.29) is 17.4 Å². The van der Waals surface area contributed by atoms with E-state index in [1.165, 1.54) is 6.07 Å². The summed E-state index contributed by atoms with van der Waals surface area (Å²) < 4.78 is 23.8. The van der Waals surface area contributed by atoms with E-state index in [4.69, 9.17) is 26.8 Å². The lowest BCUT2D eigenvalue weighted by Gasteiger charge is -2.16. The Bertz CT molecular complexity index is 383. The van der Waals surface area contributed by atoms with Crippen molar-refractivity contribution >= 4 is 11.6 Å². The number of rotatable bonds is 4. The zero-order valence-corrected chi connectivity index (χ0v) is 10.1. The summed E-state index contributed by atoms with van der Waals surface area (Å²) in [7, 11) is 0. The van der Waals surface area contributed by atoms with Crippen molar-refractivity contribution in [3.63, 3.8) is 0 Å². The van der Waals surface area contributed by atoms with Crippen molar-refractivity contribution < 1.29 is 13.9 Å². The van der Waals surface area contributed by atoms with Crippen molar-refractivity contribution in [1.29, 1.82) is 0 Å². The molecule has 0 aliphatic carbocycles. The lowest BCUT2D eigenvalue weighted by Crippen LogP contribution is -2.29. The molecule has 0 aromatic heterocycles. The second-order valence-electron chi connectivity index (χ2n) is 4.08. The predicted octanol–water partition coefficient (Wildman–Crippen LogP) is 2.11. The monoisotopic (exact) mass is 259 g/mol. The van der Waals surface area contributed by atoms with Gasteiger partial charge in [-0.25, -0.2) is 4.39 Å². The molecule has 1 aromatic rings. The van der Waals surface area contributed by atoms with Crippen LogP contribution in [0, 0.1) is 5.82 Å². The molecule has 1 saturated heterocycles. The molecular weight excluding hydrogens is 245 g/mol. The molecule has 0 radical (unpaired) electrons. The fraction of sp³-hybridized carbons (Fsp3) is 0.500. The largest absolute Gasteiger partial charge is 0.350 e. The zero-order valence-electron chi connectivity index (χ0n) is 9.36. The summed E-state index contributed by atoms with van der Waals surface area (Å²) in [5.74, 6) is -0.412. The molecule has 17 heavy (non-hydrogen) atoms. The van der Waals surface area contributed by atoms with Gasteiger partial charge in [0, 0.05) is 12.5 Å². The molecule has 1 fully saturated rings. The third-order valence-electron chi connectivity index (χ3n) is 2.70. The lowest BCUT2D eigenvalue weighted by molar-refractivity contribution is -0.0504. The molecule has 2 N–H and O–H groups in total. The normalized spacial score (nSPS) is 18.5. The molecule has 5 heteroatoms. The van der Waals surface area contributed by atoms with Crippen LogP contribution in [0.4, 0.5) is 4.39 Å². The standard InChI is InChI=1S/C12H15ClFNO2/c13-12-8(2-1-3-10(12)14)6-9(15)7-11-16-4-5-17-11/h1-3,9,11H,4-7,15H2. The Morgan fingerprint density at radius 2 is 2.12 bits per heavy atom. The van der Waals surface area contributed by atoms with Crippen LogP contribution in [0.2, 0.25) is 5.02 Å². The van der Waals surface area contributed by atoms with Gasteiger partial charge in [0.1, 0.15) is 5.82 Å². The maximum atomic E-state index is 13.2. The molecule has 1 aliphatic heterocycles. The molecule has 94 valence electrons. The van der Waals surface area contributed by atoms with Crippen LogP contribution in [-0.2, 0) is 15.9 Å². The first-order valence-electron chi connectivity index (χ1n) is 5.58. The van der Waals surface area contributed by atoms with Crippen molar-refractivity contribution in [1.82, 2.24) is 0 Å². The first kappa shape index (κ1) is 12.8. The Kier molecular flexibility index (Phi) is 4.34. The molecule has 1 aliphatic rings. The van der Waals surface area contributed by atoms with Gasteiger partial charge >= 0.3 is 0 Å². The summed E-state index contributed by atoms with van der Waals surface area (Å²) >= 11 is 5.86. The van der Waals surface area contributed by atoms with Gasteiger partial charge in [-0.2, -0.15) is 0 Å². The van der Waals surface area contributed by atoms with Gasteiger partial charge < -0.3 is 15.2 Å². The van der Waals surface area contributed by atoms with E-state index in [2.05, 4.69) is 0 Å². The fourth-order valence-corrected chi connectivity index (χ4v) is 2.07. The van der Waals surface area contributed by atoms with Gasteiger partial charge in [-0.05, 0) is 18.1 Å². The highest BCUT2D eigenvalue weighted by Gasteiger charge is 2.20. The van der Waals surface area contributed by atoms with Crippen LogP contribution in [0.1, 0.15) is 12.0 Å². The molecule has 0 bridgehead atoms. The zero-order chi connectivity index (χ0) is 12.3. The molecule has 0 amide bonds. The number of halogens is 2. The second kappa shape index (κ2) is 5.78. The summed E-state index contributed by atoms with van der Waals surface area (Å²) in [5.41, 5.74) is 6.68. The first-order chi connectivity index (χ1) is 8.16. The van der Waals surface area contributed by atoms with Crippen LogP contribution >= 0.6 is 11.6 Å². The van der Waals surface area contributed by atoms with E-state index in [0.29, 0.717) is 26.1 Å². The van der Waals surface area contributed by atoms with Crippen molar-refractivity contribution in [2.75, 3.05) is 13.2 Å². The topological polar surface area (TPSA) is 44.5 Å².